The van der Waals surface area contributed by atoms with Crippen LogP contribution < -0.4 is 10.6 Å². The van der Waals surface area contributed by atoms with Gasteiger partial charge in [0.15, 0.2) is 0 Å². The van der Waals surface area contributed by atoms with Crippen LogP contribution in [0.1, 0.15) is 19.8 Å². The zero-order chi connectivity index (χ0) is 15.2. The lowest BCUT2D eigenvalue weighted by Crippen LogP contribution is -2.36. The van der Waals surface area contributed by atoms with E-state index in [2.05, 4.69) is 10.6 Å². The van der Waals surface area contributed by atoms with Gasteiger partial charge in [-0.2, -0.15) is 0 Å². The predicted molar refractivity (Wildman–Crippen MR) is 82.4 cm³/mol. The normalized spacial score (nSPS) is 11.9. The summed E-state index contributed by atoms with van der Waals surface area (Å²) in [6, 6.07) is 13.0. The highest BCUT2D eigenvalue weighted by Crippen LogP contribution is 2.22. The van der Waals surface area contributed by atoms with E-state index < -0.39 is 5.97 Å². The molecule has 2 aromatic rings. The smallest absolute Gasteiger partial charge is 0.319 e. The molecule has 0 radical (unpaired) electrons. The highest BCUT2D eigenvalue weighted by atomic mass is 16.4. The molecule has 0 spiro atoms. The SMILES string of the molecule is CC(CCC(=O)O)NC(=O)Nc1cccc2ccccc12. The molecule has 0 bridgehead atoms. The summed E-state index contributed by atoms with van der Waals surface area (Å²) in [5, 5.41) is 16.2. The maximum atomic E-state index is 11.9. The number of fused-ring (bicyclic) bond motifs is 1. The third-order valence-electron chi connectivity index (χ3n) is 3.21. The summed E-state index contributed by atoms with van der Waals surface area (Å²) in [5.74, 6) is -0.863. The Hall–Kier alpha value is -2.56. The Morgan fingerprint density at radius 1 is 1.14 bits per heavy atom. The molecule has 0 aliphatic carbocycles. The minimum absolute atomic E-state index is 0.0374. The first-order valence-corrected chi connectivity index (χ1v) is 6.83. The molecule has 0 fully saturated rings. The third kappa shape index (κ3) is 4.21. The van der Waals surface area contributed by atoms with Crippen LogP contribution in [0.2, 0.25) is 0 Å². The van der Waals surface area contributed by atoms with Gasteiger partial charge in [-0.05, 0) is 24.8 Å². The summed E-state index contributed by atoms with van der Waals surface area (Å²) in [6.07, 6.45) is 0.438. The number of urea groups is 1. The van der Waals surface area contributed by atoms with Gasteiger partial charge in [0.2, 0.25) is 0 Å². The van der Waals surface area contributed by atoms with Crippen molar-refractivity contribution in [3.8, 4) is 0 Å². The molecule has 1 unspecified atom stereocenters. The fourth-order valence-electron chi connectivity index (χ4n) is 2.13. The van der Waals surface area contributed by atoms with Crippen molar-refractivity contribution in [1.82, 2.24) is 5.32 Å². The molecule has 0 saturated carbocycles. The number of amides is 2. The Kier molecular flexibility index (Phi) is 4.77. The number of benzene rings is 2. The molecule has 2 amide bonds. The molecule has 3 N–H and O–H groups in total. The number of hydrogen-bond donors (Lipinski definition) is 3. The zero-order valence-corrected chi connectivity index (χ0v) is 11.8. The van der Waals surface area contributed by atoms with E-state index in [1.807, 2.05) is 42.5 Å². The number of carboxylic acid groups (broad SMARTS) is 1. The average Bonchev–Trinajstić information content (AvgIpc) is 2.45. The maximum Gasteiger partial charge on any atom is 0.319 e. The van der Waals surface area contributed by atoms with Gasteiger partial charge in [-0.1, -0.05) is 36.4 Å². The highest BCUT2D eigenvalue weighted by molar-refractivity contribution is 6.01. The summed E-state index contributed by atoms with van der Waals surface area (Å²) in [7, 11) is 0. The standard InChI is InChI=1S/C16H18N2O3/c1-11(9-10-15(19)20)17-16(21)18-14-8-4-6-12-5-2-3-7-13(12)14/h2-8,11H,9-10H2,1H3,(H,19,20)(H2,17,18,21). The van der Waals surface area contributed by atoms with Crippen LogP contribution in [-0.4, -0.2) is 23.1 Å². The Morgan fingerprint density at radius 2 is 1.86 bits per heavy atom. The second-order valence-corrected chi connectivity index (χ2v) is 4.96. The lowest BCUT2D eigenvalue weighted by Gasteiger charge is -2.14. The van der Waals surface area contributed by atoms with Gasteiger partial charge >= 0.3 is 12.0 Å². The Morgan fingerprint density at radius 3 is 2.62 bits per heavy atom. The van der Waals surface area contributed by atoms with E-state index in [0.717, 1.165) is 16.5 Å². The van der Waals surface area contributed by atoms with E-state index in [1.165, 1.54) is 0 Å². The van der Waals surface area contributed by atoms with Crippen LogP contribution >= 0.6 is 0 Å². The van der Waals surface area contributed by atoms with Crippen LogP contribution in [0.15, 0.2) is 42.5 Å². The quantitative estimate of drug-likeness (QED) is 0.789. The van der Waals surface area contributed by atoms with Crippen molar-refractivity contribution in [3.63, 3.8) is 0 Å². The molecule has 1 atom stereocenters. The first-order valence-electron chi connectivity index (χ1n) is 6.83. The summed E-state index contributed by atoms with van der Waals surface area (Å²) >= 11 is 0. The number of carboxylic acids is 1. The minimum Gasteiger partial charge on any atom is -0.481 e. The molecule has 5 heteroatoms. The molecular weight excluding hydrogens is 268 g/mol. The maximum absolute atomic E-state index is 11.9. The van der Waals surface area contributed by atoms with Crippen LogP contribution in [0.5, 0.6) is 0 Å². The molecule has 110 valence electrons. The predicted octanol–water partition coefficient (Wildman–Crippen LogP) is 3.21. The summed E-state index contributed by atoms with van der Waals surface area (Å²) in [4.78, 5) is 22.4. The number of nitrogens with one attached hydrogen (secondary N) is 2. The van der Waals surface area contributed by atoms with Crippen LogP contribution in [0, 0.1) is 0 Å². The van der Waals surface area contributed by atoms with Crippen molar-refractivity contribution in [2.24, 2.45) is 0 Å². The van der Waals surface area contributed by atoms with Crippen LogP contribution in [0.25, 0.3) is 10.8 Å². The van der Waals surface area contributed by atoms with Gasteiger partial charge in [-0.15, -0.1) is 0 Å². The fourth-order valence-corrected chi connectivity index (χ4v) is 2.13. The zero-order valence-electron chi connectivity index (χ0n) is 11.8. The van der Waals surface area contributed by atoms with Crippen LogP contribution in [-0.2, 0) is 4.79 Å². The topological polar surface area (TPSA) is 78.4 Å². The molecule has 21 heavy (non-hydrogen) atoms. The minimum atomic E-state index is -0.863. The molecule has 0 aliphatic heterocycles. The van der Waals surface area contributed by atoms with Gasteiger partial charge in [0.05, 0.1) is 5.69 Å². The second-order valence-electron chi connectivity index (χ2n) is 4.96. The van der Waals surface area contributed by atoms with Crippen molar-refractivity contribution in [3.05, 3.63) is 42.5 Å². The lowest BCUT2D eigenvalue weighted by molar-refractivity contribution is -0.137. The third-order valence-corrected chi connectivity index (χ3v) is 3.21. The summed E-state index contributed by atoms with van der Waals surface area (Å²) in [6.45, 7) is 1.78. The van der Waals surface area contributed by atoms with Crippen LogP contribution in [0.4, 0.5) is 10.5 Å². The van der Waals surface area contributed by atoms with Crippen molar-refractivity contribution < 1.29 is 14.7 Å². The molecule has 5 nitrogen and oxygen atoms in total. The molecule has 0 aromatic heterocycles. The molecule has 0 aliphatic rings. The lowest BCUT2D eigenvalue weighted by atomic mass is 10.1. The van der Waals surface area contributed by atoms with E-state index in [9.17, 15) is 9.59 Å². The van der Waals surface area contributed by atoms with Crippen molar-refractivity contribution in [2.45, 2.75) is 25.8 Å². The number of hydrogen-bond acceptors (Lipinski definition) is 2. The van der Waals surface area contributed by atoms with E-state index in [0.29, 0.717) is 6.42 Å². The van der Waals surface area contributed by atoms with Gasteiger partial charge in [-0.3, -0.25) is 4.79 Å². The van der Waals surface area contributed by atoms with Gasteiger partial charge in [0.1, 0.15) is 0 Å². The van der Waals surface area contributed by atoms with Gasteiger partial charge in [0, 0.05) is 17.8 Å². The largest absolute Gasteiger partial charge is 0.481 e. The van der Waals surface area contributed by atoms with E-state index in [4.69, 9.17) is 5.11 Å². The van der Waals surface area contributed by atoms with E-state index in [1.54, 1.807) is 6.92 Å². The summed E-state index contributed by atoms with van der Waals surface area (Å²) in [5.41, 5.74) is 0.732. The number of anilines is 1. The Labute approximate surface area is 123 Å². The molecule has 0 saturated heterocycles. The first kappa shape index (κ1) is 14.8. The average molecular weight is 286 g/mol. The Balaban J connectivity index is 2.00. The van der Waals surface area contributed by atoms with Gasteiger partial charge in [-0.25, -0.2) is 4.79 Å². The molecule has 2 rings (SSSR count). The number of rotatable bonds is 5. The van der Waals surface area contributed by atoms with Crippen molar-refractivity contribution in [1.29, 1.82) is 0 Å². The monoisotopic (exact) mass is 286 g/mol. The van der Waals surface area contributed by atoms with Crippen molar-refractivity contribution in [2.75, 3.05) is 5.32 Å². The Bertz CT molecular complexity index is 650. The number of aliphatic carboxylic acids is 1. The number of carbonyl (C=O) groups excluding carboxylic acids is 1. The summed E-state index contributed by atoms with van der Waals surface area (Å²) < 4.78 is 0. The van der Waals surface area contributed by atoms with E-state index >= 15 is 0 Å². The fraction of sp³-hybridized carbons (Fsp3) is 0.250. The molecular formula is C16H18N2O3. The van der Waals surface area contributed by atoms with Gasteiger partial charge < -0.3 is 15.7 Å². The highest BCUT2D eigenvalue weighted by Gasteiger charge is 2.10. The molecule has 0 heterocycles. The van der Waals surface area contributed by atoms with Crippen LogP contribution in [0.3, 0.4) is 0 Å². The number of carbonyl (C=O) groups is 2. The van der Waals surface area contributed by atoms with Crippen molar-refractivity contribution >= 4 is 28.5 Å². The molecule has 2 aromatic carbocycles. The van der Waals surface area contributed by atoms with Gasteiger partial charge in [0.25, 0.3) is 0 Å². The first-order chi connectivity index (χ1) is 10.1. The van der Waals surface area contributed by atoms with E-state index in [-0.39, 0.29) is 18.5 Å². The second kappa shape index (κ2) is 6.74.